The molecule has 2 aromatic carbocycles. The van der Waals surface area contributed by atoms with E-state index >= 15 is 0 Å². The van der Waals surface area contributed by atoms with E-state index < -0.39 is 5.97 Å². The van der Waals surface area contributed by atoms with E-state index in [0.29, 0.717) is 11.2 Å². The van der Waals surface area contributed by atoms with E-state index in [-0.39, 0.29) is 5.82 Å². The summed E-state index contributed by atoms with van der Waals surface area (Å²) in [7, 11) is 0. The second-order valence-corrected chi connectivity index (χ2v) is 5.43. The van der Waals surface area contributed by atoms with Crippen LogP contribution in [-0.4, -0.2) is 11.0 Å². The first-order valence-electron chi connectivity index (χ1n) is 6.22. The maximum Gasteiger partial charge on any atom is 0.329 e. The lowest BCUT2D eigenvalue weighted by molar-refractivity contribution is -0.138. The Labute approximate surface area is 124 Å². The largest absolute Gasteiger partial charge is 0.344 e. The number of carbonyl (C=O) groups is 1. The fourth-order valence-electron chi connectivity index (χ4n) is 1.84. The molecule has 6 heteroatoms. The molecule has 1 heterocycles. The molecule has 0 aliphatic heterocycles. The number of rotatable bonds is 3. The number of aromatic nitrogens is 1. The monoisotopic (exact) mass is 302 g/mol. The summed E-state index contributed by atoms with van der Waals surface area (Å²) in [6, 6.07) is 11.9. The Morgan fingerprint density at radius 2 is 2.00 bits per heavy atom. The van der Waals surface area contributed by atoms with E-state index in [9.17, 15) is 9.18 Å². The average molecular weight is 302 g/mol. The third kappa shape index (κ3) is 3.00. The molecule has 1 aromatic heterocycles. The van der Waals surface area contributed by atoms with E-state index in [1.807, 2.05) is 12.1 Å². The first-order chi connectivity index (χ1) is 10.1. The Kier molecular flexibility index (Phi) is 3.53. The topological polar surface area (TPSA) is 51.2 Å². The highest BCUT2D eigenvalue weighted by Crippen LogP contribution is 2.31. The van der Waals surface area contributed by atoms with Gasteiger partial charge < -0.3 is 4.84 Å². The standard InChI is InChI=1S/C15H11FN2O2S/c1-9(19)20-18-12-5-2-10(3-6-12)15-17-13-8-11(16)4-7-14(13)21-15/h2-8,18H,1H3. The van der Waals surface area contributed by atoms with Gasteiger partial charge in [0.1, 0.15) is 10.8 Å². The maximum absolute atomic E-state index is 13.2. The number of carbonyl (C=O) groups excluding carboxylic acids is 1. The number of hydrogen-bond donors (Lipinski definition) is 1. The Balaban J connectivity index is 1.86. The number of nitrogens with one attached hydrogen (secondary N) is 1. The van der Waals surface area contributed by atoms with Crippen LogP contribution in [0.4, 0.5) is 10.1 Å². The second kappa shape index (κ2) is 5.49. The van der Waals surface area contributed by atoms with Crippen LogP contribution >= 0.6 is 11.3 Å². The zero-order valence-electron chi connectivity index (χ0n) is 11.1. The van der Waals surface area contributed by atoms with Crippen LogP contribution in [-0.2, 0) is 9.63 Å². The molecule has 21 heavy (non-hydrogen) atoms. The van der Waals surface area contributed by atoms with Gasteiger partial charge in [-0.1, -0.05) is 0 Å². The SMILES string of the molecule is CC(=O)ONc1ccc(-c2nc3cc(F)ccc3s2)cc1. The van der Waals surface area contributed by atoms with Gasteiger partial charge in [0.05, 0.1) is 15.9 Å². The molecule has 0 unspecified atom stereocenters. The summed E-state index contributed by atoms with van der Waals surface area (Å²) >= 11 is 1.50. The van der Waals surface area contributed by atoms with Gasteiger partial charge in [-0.15, -0.1) is 11.3 Å². The molecular formula is C15H11FN2O2S. The molecule has 1 N–H and O–H groups in total. The Hall–Kier alpha value is -2.47. The number of anilines is 1. The minimum Gasteiger partial charge on any atom is -0.344 e. The molecule has 3 aromatic rings. The van der Waals surface area contributed by atoms with E-state index in [4.69, 9.17) is 4.84 Å². The van der Waals surface area contributed by atoms with Crippen molar-refractivity contribution in [3.63, 3.8) is 0 Å². The average Bonchev–Trinajstić information content (AvgIpc) is 2.88. The van der Waals surface area contributed by atoms with Gasteiger partial charge in [-0.3, -0.25) is 4.79 Å². The molecule has 0 aliphatic carbocycles. The van der Waals surface area contributed by atoms with Crippen LogP contribution < -0.4 is 5.48 Å². The third-order valence-electron chi connectivity index (χ3n) is 2.79. The van der Waals surface area contributed by atoms with Crippen molar-refractivity contribution in [2.75, 3.05) is 5.48 Å². The third-order valence-corrected chi connectivity index (χ3v) is 3.88. The molecule has 0 bridgehead atoms. The number of halogens is 1. The molecule has 0 spiro atoms. The summed E-state index contributed by atoms with van der Waals surface area (Å²) in [5, 5.41) is 0.814. The van der Waals surface area contributed by atoms with Gasteiger partial charge >= 0.3 is 5.97 Å². The van der Waals surface area contributed by atoms with Crippen LogP contribution in [0.15, 0.2) is 42.5 Å². The van der Waals surface area contributed by atoms with Crippen molar-refractivity contribution in [3.8, 4) is 10.6 Å². The summed E-state index contributed by atoms with van der Waals surface area (Å²) in [6.45, 7) is 1.32. The summed E-state index contributed by atoms with van der Waals surface area (Å²) in [5.41, 5.74) is 4.78. The van der Waals surface area contributed by atoms with Crippen LogP contribution in [0.25, 0.3) is 20.8 Å². The molecule has 0 amide bonds. The molecule has 0 atom stereocenters. The lowest BCUT2D eigenvalue weighted by atomic mass is 10.2. The molecule has 0 radical (unpaired) electrons. The lowest BCUT2D eigenvalue weighted by Gasteiger charge is -2.04. The van der Waals surface area contributed by atoms with Crippen LogP contribution in [0.2, 0.25) is 0 Å². The number of fused-ring (bicyclic) bond motifs is 1. The highest BCUT2D eigenvalue weighted by molar-refractivity contribution is 7.21. The fraction of sp³-hybridized carbons (Fsp3) is 0.0667. The summed E-state index contributed by atoms with van der Waals surface area (Å²) in [4.78, 5) is 19.8. The second-order valence-electron chi connectivity index (χ2n) is 4.40. The number of nitrogens with zero attached hydrogens (tertiary/aromatic N) is 1. The summed E-state index contributed by atoms with van der Waals surface area (Å²) in [6.07, 6.45) is 0. The smallest absolute Gasteiger partial charge is 0.329 e. The minimum absolute atomic E-state index is 0.291. The Morgan fingerprint density at radius 3 is 2.71 bits per heavy atom. The van der Waals surface area contributed by atoms with Gasteiger partial charge in [0.2, 0.25) is 0 Å². The normalized spacial score (nSPS) is 10.6. The quantitative estimate of drug-likeness (QED) is 0.743. The van der Waals surface area contributed by atoms with Gasteiger partial charge in [0.15, 0.2) is 0 Å². The number of benzene rings is 2. The number of thiazole rings is 1. The van der Waals surface area contributed by atoms with Crippen LogP contribution in [0, 0.1) is 5.82 Å². The summed E-state index contributed by atoms with van der Waals surface area (Å²) < 4.78 is 14.1. The van der Waals surface area contributed by atoms with Crippen molar-refractivity contribution in [1.29, 1.82) is 0 Å². The molecule has 106 valence electrons. The van der Waals surface area contributed by atoms with Crippen molar-refractivity contribution in [3.05, 3.63) is 48.3 Å². The lowest BCUT2D eigenvalue weighted by Crippen LogP contribution is -2.05. The molecular weight excluding hydrogens is 291 g/mol. The highest BCUT2D eigenvalue weighted by Gasteiger charge is 2.07. The predicted molar refractivity (Wildman–Crippen MR) is 80.4 cm³/mol. The van der Waals surface area contributed by atoms with Crippen molar-refractivity contribution in [2.24, 2.45) is 0 Å². The van der Waals surface area contributed by atoms with Crippen molar-refractivity contribution in [1.82, 2.24) is 4.98 Å². The Morgan fingerprint density at radius 1 is 1.24 bits per heavy atom. The molecule has 0 fully saturated rings. The van der Waals surface area contributed by atoms with Gasteiger partial charge in [0.25, 0.3) is 0 Å². The van der Waals surface area contributed by atoms with Crippen LogP contribution in [0.3, 0.4) is 0 Å². The Bertz CT molecular complexity index is 799. The first-order valence-corrected chi connectivity index (χ1v) is 7.03. The predicted octanol–water partition coefficient (Wildman–Crippen LogP) is 3.99. The van der Waals surface area contributed by atoms with Crippen molar-refractivity contribution in [2.45, 2.75) is 6.92 Å². The fourth-order valence-corrected chi connectivity index (χ4v) is 2.79. The summed E-state index contributed by atoms with van der Waals surface area (Å²) in [5.74, 6) is -0.701. The van der Waals surface area contributed by atoms with Gasteiger partial charge in [-0.05, 0) is 36.4 Å². The maximum atomic E-state index is 13.2. The molecule has 0 saturated heterocycles. The molecule has 3 rings (SSSR count). The molecule has 4 nitrogen and oxygen atoms in total. The van der Waals surface area contributed by atoms with Crippen molar-refractivity contribution >= 4 is 33.2 Å². The van der Waals surface area contributed by atoms with Crippen LogP contribution in [0.5, 0.6) is 0 Å². The molecule has 0 saturated carbocycles. The van der Waals surface area contributed by atoms with E-state index in [1.54, 1.807) is 18.2 Å². The zero-order valence-corrected chi connectivity index (χ0v) is 11.9. The first kappa shape index (κ1) is 13.5. The molecule has 0 aliphatic rings. The van der Waals surface area contributed by atoms with E-state index in [0.717, 1.165) is 15.3 Å². The minimum atomic E-state index is -0.410. The van der Waals surface area contributed by atoms with Gasteiger partial charge in [0, 0.05) is 18.6 Å². The highest BCUT2D eigenvalue weighted by atomic mass is 32.1. The van der Waals surface area contributed by atoms with Gasteiger partial charge in [-0.25, -0.2) is 14.9 Å². The van der Waals surface area contributed by atoms with E-state index in [2.05, 4.69) is 10.5 Å². The van der Waals surface area contributed by atoms with Crippen LogP contribution in [0.1, 0.15) is 6.92 Å². The van der Waals surface area contributed by atoms with Crippen molar-refractivity contribution < 1.29 is 14.0 Å². The van der Waals surface area contributed by atoms with E-state index in [1.165, 1.54) is 30.4 Å². The van der Waals surface area contributed by atoms with Gasteiger partial charge in [-0.2, -0.15) is 0 Å². The number of hydrogen-bond acceptors (Lipinski definition) is 5. The zero-order chi connectivity index (χ0) is 14.8.